The molecule has 2 nitrogen and oxygen atoms in total. The van der Waals surface area contributed by atoms with Gasteiger partial charge in [-0.3, -0.25) is 0 Å². The van der Waals surface area contributed by atoms with Crippen molar-refractivity contribution in [1.82, 2.24) is 5.32 Å². The van der Waals surface area contributed by atoms with Crippen molar-refractivity contribution in [3.8, 4) is 0 Å². The molecule has 0 aromatic carbocycles. The molecule has 0 saturated carbocycles. The first kappa shape index (κ1) is 9.01. The van der Waals surface area contributed by atoms with Crippen molar-refractivity contribution in [3.63, 3.8) is 0 Å². The van der Waals surface area contributed by atoms with E-state index in [9.17, 15) is 0 Å². The van der Waals surface area contributed by atoms with E-state index < -0.39 is 0 Å². The lowest BCUT2D eigenvalue weighted by Gasteiger charge is -2.14. The Morgan fingerprint density at radius 3 is 3.00 bits per heavy atom. The van der Waals surface area contributed by atoms with Crippen molar-refractivity contribution in [2.45, 2.75) is 45.3 Å². The predicted octanol–water partition coefficient (Wildman–Crippen LogP) is 1.55. The summed E-state index contributed by atoms with van der Waals surface area (Å²) in [5.41, 5.74) is 0. The highest BCUT2D eigenvalue weighted by Gasteiger charge is 2.14. The summed E-state index contributed by atoms with van der Waals surface area (Å²) < 4.78 is 5.61. The van der Waals surface area contributed by atoms with Crippen LogP contribution in [0.2, 0.25) is 0 Å². The Kier molecular flexibility index (Phi) is 3.87. The van der Waals surface area contributed by atoms with Gasteiger partial charge in [-0.2, -0.15) is 0 Å². The van der Waals surface area contributed by atoms with Gasteiger partial charge in [-0.25, -0.2) is 0 Å². The lowest BCUT2D eigenvalue weighted by atomic mass is 10.2. The summed E-state index contributed by atoms with van der Waals surface area (Å²) in [4.78, 5) is 0. The van der Waals surface area contributed by atoms with Crippen molar-refractivity contribution in [2.75, 3.05) is 13.2 Å². The van der Waals surface area contributed by atoms with Gasteiger partial charge in [0.05, 0.1) is 12.7 Å². The topological polar surface area (TPSA) is 21.3 Å². The highest BCUT2D eigenvalue weighted by molar-refractivity contribution is 4.73. The highest BCUT2D eigenvalue weighted by Crippen LogP contribution is 2.06. The van der Waals surface area contributed by atoms with Crippen LogP contribution in [0.4, 0.5) is 0 Å². The van der Waals surface area contributed by atoms with E-state index in [1.165, 1.54) is 19.4 Å². The van der Waals surface area contributed by atoms with Crippen LogP contribution in [0.3, 0.4) is 0 Å². The van der Waals surface area contributed by atoms with Crippen molar-refractivity contribution in [2.24, 2.45) is 0 Å². The molecule has 0 aromatic rings. The smallest absolute Gasteiger partial charge is 0.0623 e. The first-order valence-corrected chi connectivity index (χ1v) is 4.68. The Morgan fingerprint density at radius 2 is 2.45 bits per heavy atom. The van der Waals surface area contributed by atoms with Gasteiger partial charge >= 0.3 is 0 Å². The molecule has 1 N–H and O–H groups in total. The SMILES string of the molecule is CCC(C)OCC1CCCN1. The fourth-order valence-electron chi connectivity index (χ4n) is 1.30. The van der Waals surface area contributed by atoms with Crippen LogP contribution in [0.1, 0.15) is 33.1 Å². The number of ether oxygens (including phenoxy) is 1. The zero-order valence-electron chi connectivity index (χ0n) is 7.60. The molecule has 2 unspecified atom stereocenters. The van der Waals surface area contributed by atoms with E-state index in [2.05, 4.69) is 19.2 Å². The minimum atomic E-state index is 0.428. The molecule has 0 aromatic heterocycles. The van der Waals surface area contributed by atoms with Gasteiger partial charge < -0.3 is 10.1 Å². The van der Waals surface area contributed by atoms with Gasteiger partial charge in [0.2, 0.25) is 0 Å². The van der Waals surface area contributed by atoms with E-state index in [1.807, 2.05) is 0 Å². The maximum atomic E-state index is 5.61. The van der Waals surface area contributed by atoms with E-state index >= 15 is 0 Å². The first-order chi connectivity index (χ1) is 5.33. The molecule has 11 heavy (non-hydrogen) atoms. The van der Waals surface area contributed by atoms with Gasteiger partial charge in [-0.15, -0.1) is 0 Å². The molecule has 1 aliphatic rings. The highest BCUT2D eigenvalue weighted by atomic mass is 16.5. The van der Waals surface area contributed by atoms with Crippen LogP contribution >= 0.6 is 0 Å². The Balaban J connectivity index is 2.01. The third-order valence-electron chi connectivity index (χ3n) is 2.32. The predicted molar refractivity (Wildman–Crippen MR) is 46.7 cm³/mol. The number of rotatable bonds is 4. The standard InChI is InChI=1S/C9H19NO/c1-3-8(2)11-7-9-5-4-6-10-9/h8-10H,3-7H2,1-2H3. The summed E-state index contributed by atoms with van der Waals surface area (Å²) in [6.07, 6.45) is 4.15. The maximum absolute atomic E-state index is 5.61. The van der Waals surface area contributed by atoms with Crippen LogP contribution in [0.25, 0.3) is 0 Å². The third kappa shape index (κ3) is 3.21. The molecular formula is C9H19NO. The number of hydrogen-bond donors (Lipinski definition) is 1. The summed E-state index contributed by atoms with van der Waals surface area (Å²) >= 11 is 0. The van der Waals surface area contributed by atoms with Crippen LogP contribution in [-0.4, -0.2) is 25.3 Å². The van der Waals surface area contributed by atoms with Crippen LogP contribution in [0.15, 0.2) is 0 Å². The quantitative estimate of drug-likeness (QED) is 0.668. The van der Waals surface area contributed by atoms with Crippen molar-refractivity contribution in [1.29, 1.82) is 0 Å². The zero-order chi connectivity index (χ0) is 8.10. The molecule has 2 atom stereocenters. The van der Waals surface area contributed by atoms with Crippen molar-refractivity contribution < 1.29 is 4.74 Å². The van der Waals surface area contributed by atoms with E-state index in [4.69, 9.17) is 4.74 Å². The van der Waals surface area contributed by atoms with Crippen LogP contribution in [0.5, 0.6) is 0 Å². The normalized spacial score (nSPS) is 27.3. The van der Waals surface area contributed by atoms with Gasteiger partial charge in [0.15, 0.2) is 0 Å². The van der Waals surface area contributed by atoms with Gasteiger partial charge in [0.25, 0.3) is 0 Å². The summed E-state index contributed by atoms with van der Waals surface area (Å²) in [6, 6.07) is 0.629. The Labute approximate surface area is 69.3 Å². The molecular weight excluding hydrogens is 138 g/mol. The van der Waals surface area contributed by atoms with E-state index in [0.29, 0.717) is 12.1 Å². The van der Waals surface area contributed by atoms with E-state index in [-0.39, 0.29) is 0 Å². The molecule has 66 valence electrons. The average molecular weight is 157 g/mol. The molecule has 1 heterocycles. The van der Waals surface area contributed by atoms with Crippen LogP contribution in [-0.2, 0) is 4.74 Å². The molecule has 0 radical (unpaired) electrons. The van der Waals surface area contributed by atoms with Gasteiger partial charge in [-0.1, -0.05) is 6.92 Å². The monoisotopic (exact) mass is 157 g/mol. The Bertz CT molecular complexity index is 99.7. The van der Waals surface area contributed by atoms with Gasteiger partial charge in [0, 0.05) is 6.04 Å². The van der Waals surface area contributed by atoms with Crippen LogP contribution < -0.4 is 5.32 Å². The zero-order valence-corrected chi connectivity index (χ0v) is 7.60. The maximum Gasteiger partial charge on any atom is 0.0623 e. The summed E-state index contributed by atoms with van der Waals surface area (Å²) in [6.45, 7) is 6.37. The minimum Gasteiger partial charge on any atom is -0.377 e. The van der Waals surface area contributed by atoms with Gasteiger partial charge in [-0.05, 0) is 32.7 Å². The molecule has 0 bridgehead atoms. The summed E-state index contributed by atoms with van der Waals surface area (Å²) in [5.74, 6) is 0. The molecule has 1 rings (SSSR count). The van der Waals surface area contributed by atoms with Crippen LogP contribution in [0, 0.1) is 0 Å². The van der Waals surface area contributed by atoms with Gasteiger partial charge in [0.1, 0.15) is 0 Å². The summed E-state index contributed by atoms with van der Waals surface area (Å²) in [7, 11) is 0. The largest absolute Gasteiger partial charge is 0.377 e. The lowest BCUT2D eigenvalue weighted by Crippen LogP contribution is -2.28. The lowest BCUT2D eigenvalue weighted by molar-refractivity contribution is 0.0509. The third-order valence-corrected chi connectivity index (χ3v) is 2.32. The van der Waals surface area contributed by atoms with E-state index in [0.717, 1.165) is 13.0 Å². The second kappa shape index (κ2) is 4.73. The molecule has 1 fully saturated rings. The second-order valence-electron chi connectivity index (χ2n) is 3.35. The fraction of sp³-hybridized carbons (Fsp3) is 1.00. The van der Waals surface area contributed by atoms with Crippen molar-refractivity contribution >= 4 is 0 Å². The first-order valence-electron chi connectivity index (χ1n) is 4.68. The Hall–Kier alpha value is -0.0800. The Morgan fingerprint density at radius 1 is 1.64 bits per heavy atom. The number of nitrogens with one attached hydrogen (secondary N) is 1. The molecule has 0 spiro atoms. The molecule has 1 aliphatic heterocycles. The fourth-order valence-corrected chi connectivity index (χ4v) is 1.30. The molecule has 1 saturated heterocycles. The second-order valence-corrected chi connectivity index (χ2v) is 3.35. The average Bonchev–Trinajstić information content (AvgIpc) is 2.52. The number of hydrogen-bond acceptors (Lipinski definition) is 2. The molecule has 0 aliphatic carbocycles. The molecule has 2 heteroatoms. The molecule has 0 amide bonds. The minimum absolute atomic E-state index is 0.428. The van der Waals surface area contributed by atoms with E-state index in [1.54, 1.807) is 0 Å². The summed E-state index contributed by atoms with van der Waals surface area (Å²) in [5, 5.41) is 3.41. The van der Waals surface area contributed by atoms with Crippen molar-refractivity contribution in [3.05, 3.63) is 0 Å².